The van der Waals surface area contributed by atoms with Crippen LogP contribution in [-0.2, 0) is 13.5 Å². The van der Waals surface area contributed by atoms with Crippen LogP contribution in [0, 0.1) is 11.6 Å². The van der Waals surface area contributed by atoms with Crippen LogP contribution in [-0.4, -0.2) is 20.1 Å². The number of benzene rings is 1. The van der Waals surface area contributed by atoms with Crippen molar-refractivity contribution in [3.8, 4) is 0 Å². The van der Waals surface area contributed by atoms with Crippen molar-refractivity contribution < 1.29 is 13.9 Å². The number of aromatic nitrogens is 3. The Morgan fingerprint density at radius 1 is 1.35 bits per heavy atom. The van der Waals surface area contributed by atoms with Crippen LogP contribution in [0.25, 0.3) is 0 Å². The lowest BCUT2D eigenvalue weighted by Gasteiger charge is -2.08. The molecule has 0 spiro atoms. The first-order valence-electron chi connectivity index (χ1n) is 5.05. The molecule has 0 saturated carbocycles. The summed E-state index contributed by atoms with van der Waals surface area (Å²) < 4.78 is 28.1. The molecule has 0 amide bonds. The fraction of sp³-hybridized carbons (Fsp3) is 0.273. The van der Waals surface area contributed by atoms with E-state index in [1.807, 2.05) is 0 Å². The van der Waals surface area contributed by atoms with Crippen molar-refractivity contribution in [1.82, 2.24) is 15.0 Å². The van der Waals surface area contributed by atoms with Gasteiger partial charge in [0, 0.05) is 19.0 Å². The minimum Gasteiger partial charge on any atom is -0.386 e. The molecule has 6 heteroatoms. The lowest BCUT2D eigenvalue weighted by Crippen LogP contribution is -2.06. The van der Waals surface area contributed by atoms with Crippen molar-refractivity contribution in [1.29, 1.82) is 0 Å². The van der Waals surface area contributed by atoms with Crippen molar-refractivity contribution in [2.75, 3.05) is 0 Å². The first-order valence-corrected chi connectivity index (χ1v) is 5.05. The molecule has 1 aromatic heterocycles. The number of aliphatic hydroxyl groups excluding tert-OH is 1. The number of nitrogens with zero attached hydrogens (tertiary/aromatic N) is 3. The van der Waals surface area contributed by atoms with Gasteiger partial charge in [-0.05, 0) is 12.1 Å². The molecule has 17 heavy (non-hydrogen) atoms. The molecule has 0 aliphatic rings. The maximum atomic E-state index is 13.3. The van der Waals surface area contributed by atoms with E-state index in [0.717, 1.165) is 12.1 Å². The van der Waals surface area contributed by atoms with E-state index < -0.39 is 17.7 Å². The summed E-state index contributed by atoms with van der Waals surface area (Å²) in [5.74, 6) is -1.35. The molecule has 0 bridgehead atoms. The second kappa shape index (κ2) is 4.58. The molecule has 1 N–H and O–H groups in total. The molecule has 0 radical (unpaired) electrons. The number of aryl methyl sites for hydroxylation is 1. The van der Waals surface area contributed by atoms with Crippen molar-refractivity contribution >= 4 is 0 Å². The van der Waals surface area contributed by atoms with Crippen LogP contribution in [0.2, 0.25) is 0 Å². The minimum absolute atomic E-state index is 0.148. The molecule has 2 rings (SSSR count). The van der Waals surface area contributed by atoms with E-state index in [-0.39, 0.29) is 17.7 Å². The summed E-state index contributed by atoms with van der Waals surface area (Å²) in [4.78, 5) is 0. The quantitative estimate of drug-likeness (QED) is 0.880. The smallest absolute Gasteiger partial charge is 0.129 e. The molecule has 0 aliphatic heterocycles. The fourth-order valence-electron chi connectivity index (χ4n) is 1.54. The van der Waals surface area contributed by atoms with Gasteiger partial charge >= 0.3 is 0 Å². The van der Waals surface area contributed by atoms with Gasteiger partial charge in [-0.3, -0.25) is 4.68 Å². The van der Waals surface area contributed by atoms with Gasteiger partial charge in [0.05, 0.1) is 6.20 Å². The van der Waals surface area contributed by atoms with Crippen molar-refractivity contribution in [3.05, 3.63) is 47.3 Å². The zero-order valence-electron chi connectivity index (χ0n) is 9.14. The largest absolute Gasteiger partial charge is 0.386 e. The fourth-order valence-corrected chi connectivity index (χ4v) is 1.54. The van der Waals surface area contributed by atoms with Crippen molar-refractivity contribution in [2.45, 2.75) is 12.5 Å². The van der Waals surface area contributed by atoms with Crippen LogP contribution in [0.15, 0.2) is 24.4 Å². The van der Waals surface area contributed by atoms with E-state index in [1.54, 1.807) is 7.05 Å². The van der Waals surface area contributed by atoms with Crippen LogP contribution < -0.4 is 0 Å². The zero-order valence-corrected chi connectivity index (χ0v) is 9.14. The summed E-state index contributed by atoms with van der Waals surface area (Å²) in [6, 6.07) is 3.59. The monoisotopic (exact) mass is 239 g/mol. The first kappa shape index (κ1) is 11.7. The van der Waals surface area contributed by atoms with Crippen LogP contribution in [0.3, 0.4) is 0 Å². The van der Waals surface area contributed by atoms with Gasteiger partial charge in [-0.25, -0.2) is 8.78 Å². The molecule has 2 aromatic rings. The van der Waals surface area contributed by atoms with Crippen molar-refractivity contribution in [2.24, 2.45) is 7.05 Å². The maximum absolute atomic E-state index is 13.3. The highest BCUT2D eigenvalue weighted by Crippen LogP contribution is 2.20. The predicted molar refractivity (Wildman–Crippen MR) is 56.0 cm³/mol. The molecule has 1 unspecified atom stereocenters. The molecule has 0 aliphatic carbocycles. The molecule has 1 aromatic carbocycles. The summed E-state index contributed by atoms with van der Waals surface area (Å²) in [5.41, 5.74) is 0.140. The molecule has 1 atom stereocenters. The average Bonchev–Trinajstić information content (AvgIpc) is 2.70. The lowest BCUT2D eigenvalue weighted by atomic mass is 10.1. The van der Waals surface area contributed by atoms with Crippen LogP contribution in [0.1, 0.15) is 17.4 Å². The molecule has 90 valence electrons. The Hall–Kier alpha value is -1.82. The predicted octanol–water partition coefficient (Wildman–Crippen LogP) is 1.37. The Bertz CT molecular complexity index is 507. The zero-order chi connectivity index (χ0) is 12.4. The highest BCUT2D eigenvalue weighted by molar-refractivity contribution is 5.21. The molecular weight excluding hydrogens is 228 g/mol. The standard InChI is InChI=1S/C11H11F2N3O/c1-16-6-10(14-15-16)11(17)5-7-8(12)3-2-4-9(7)13/h2-4,6,11,17H,5H2,1H3. The molecule has 0 fully saturated rings. The van der Waals surface area contributed by atoms with Gasteiger partial charge in [0.15, 0.2) is 0 Å². The summed E-state index contributed by atoms with van der Waals surface area (Å²) >= 11 is 0. The number of aliphatic hydroxyl groups is 1. The number of halogens is 2. The third-order valence-electron chi connectivity index (χ3n) is 2.42. The Balaban J connectivity index is 2.21. The summed E-state index contributed by atoms with van der Waals surface area (Å²) in [5, 5.41) is 17.1. The van der Waals surface area contributed by atoms with Crippen LogP contribution >= 0.6 is 0 Å². The number of hydrogen-bond donors (Lipinski definition) is 1. The Labute approximate surface area is 96.5 Å². The SMILES string of the molecule is Cn1cc(C(O)Cc2c(F)cccc2F)nn1. The number of rotatable bonds is 3. The summed E-state index contributed by atoms with van der Waals surface area (Å²) in [6.45, 7) is 0. The van der Waals surface area contributed by atoms with E-state index in [0.29, 0.717) is 0 Å². The summed E-state index contributed by atoms with van der Waals surface area (Å²) in [7, 11) is 1.65. The normalized spacial score (nSPS) is 12.7. The van der Waals surface area contributed by atoms with E-state index in [4.69, 9.17) is 0 Å². The van der Waals surface area contributed by atoms with Gasteiger partial charge in [-0.1, -0.05) is 11.3 Å². The third kappa shape index (κ3) is 2.47. The molecular formula is C11H11F2N3O. The van der Waals surface area contributed by atoms with E-state index in [1.165, 1.54) is 16.9 Å². The number of hydrogen-bond acceptors (Lipinski definition) is 3. The summed E-state index contributed by atoms with van der Waals surface area (Å²) in [6.07, 6.45) is 0.260. The van der Waals surface area contributed by atoms with Crippen molar-refractivity contribution in [3.63, 3.8) is 0 Å². The highest BCUT2D eigenvalue weighted by atomic mass is 19.1. The Morgan fingerprint density at radius 2 is 2.00 bits per heavy atom. The molecule has 0 saturated heterocycles. The minimum atomic E-state index is -1.07. The van der Waals surface area contributed by atoms with E-state index in [9.17, 15) is 13.9 Å². The first-order chi connectivity index (χ1) is 8.08. The second-order valence-electron chi connectivity index (χ2n) is 3.74. The van der Waals surface area contributed by atoms with E-state index >= 15 is 0 Å². The maximum Gasteiger partial charge on any atom is 0.129 e. The third-order valence-corrected chi connectivity index (χ3v) is 2.42. The average molecular weight is 239 g/mol. The highest BCUT2D eigenvalue weighted by Gasteiger charge is 2.17. The second-order valence-corrected chi connectivity index (χ2v) is 3.74. The molecule has 4 nitrogen and oxygen atoms in total. The Morgan fingerprint density at radius 3 is 2.53 bits per heavy atom. The van der Waals surface area contributed by atoms with E-state index in [2.05, 4.69) is 10.3 Å². The van der Waals surface area contributed by atoms with Gasteiger partial charge in [0.25, 0.3) is 0 Å². The van der Waals surface area contributed by atoms with Crippen LogP contribution in [0.4, 0.5) is 8.78 Å². The topological polar surface area (TPSA) is 50.9 Å². The van der Waals surface area contributed by atoms with Gasteiger partial charge in [0.2, 0.25) is 0 Å². The molecule has 1 heterocycles. The van der Waals surface area contributed by atoms with Gasteiger partial charge in [-0.15, -0.1) is 5.10 Å². The van der Waals surface area contributed by atoms with Gasteiger partial charge < -0.3 is 5.11 Å². The van der Waals surface area contributed by atoms with Gasteiger partial charge in [0.1, 0.15) is 23.4 Å². The van der Waals surface area contributed by atoms with Gasteiger partial charge in [-0.2, -0.15) is 0 Å². The van der Waals surface area contributed by atoms with Crippen LogP contribution in [0.5, 0.6) is 0 Å². The Kier molecular flexibility index (Phi) is 3.14. The lowest BCUT2D eigenvalue weighted by molar-refractivity contribution is 0.170.